The zero-order valence-electron chi connectivity index (χ0n) is 15.8. The third kappa shape index (κ3) is 3.84. The van der Waals surface area contributed by atoms with Crippen LogP contribution in [0.5, 0.6) is 5.75 Å². The number of piperidine rings is 1. The molecule has 1 N–H and O–H groups in total. The lowest BCUT2D eigenvalue weighted by Crippen LogP contribution is -2.52. The van der Waals surface area contributed by atoms with Crippen LogP contribution in [0, 0.1) is 5.92 Å². The molecule has 3 heteroatoms. The number of nitrogens with zero attached hydrogens (tertiary/aromatic N) is 1. The summed E-state index contributed by atoms with van der Waals surface area (Å²) in [5, 5.41) is 11.8. The predicted molar refractivity (Wildman–Crippen MR) is 105 cm³/mol. The molecule has 1 heterocycles. The summed E-state index contributed by atoms with van der Waals surface area (Å²) < 4.78 is 6.02. The Labute approximate surface area is 156 Å². The van der Waals surface area contributed by atoms with E-state index in [9.17, 15) is 5.21 Å². The first-order chi connectivity index (χ1) is 12.5. The van der Waals surface area contributed by atoms with E-state index in [-0.39, 0.29) is 11.5 Å². The Morgan fingerprint density at radius 3 is 2.73 bits per heavy atom. The van der Waals surface area contributed by atoms with Crippen molar-refractivity contribution in [3.63, 3.8) is 0 Å². The van der Waals surface area contributed by atoms with Gasteiger partial charge in [0.15, 0.2) is 0 Å². The minimum absolute atomic E-state index is 0.000969. The maximum Gasteiger partial charge on any atom is 0.120 e. The van der Waals surface area contributed by atoms with Gasteiger partial charge in [-0.2, -0.15) is 5.06 Å². The van der Waals surface area contributed by atoms with E-state index in [0.717, 1.165) is 24.2 Å². The van der Waals surface area contributed by atoms with Crippen LogP contribution in [0.1, 0.15) is 37.8 Å². The SMILES string of the molecule is C=CC[C@H]1[C@H](C)[C@](C)(c2cccc(OCc3ccccc3)c2)CCN1O. The van der Waals surface area contributed by atoms with Crippen molar-refractivity contribution in [1.82, 2.24) is 5.06 Å². The van der Waals surface area contributed by atoms with E-state index in [0.29, 0.717) is 19.1 Å². The van der Waals surface area contributed by atoms with E-state index >= 15 is 0 Å². The van der Waals surface area contributed by atoms with Crippen molar-refractivity contribution in [3.8, 4) is 5.75 Å². The van der Waals surface area contributed by atoms with E-state index in [2.05, 4.69) is 50.8 Å². The van der Waals surface area contributed by atoms with Gasteiger partial charge >= 0.3 is 0 Å². The molecule has 3 atom stereocenters. The summed E-state index contributed by atoms with van der Waals surface area (Å²) in [6.45, 7) is 9.63. The zero-order valence-corrected chi connectivity index (χ0v) is 15.8. The Morgan fingerprint density at radius 2 is 2.00 bits per heavy atom. The molecule has 0 bridgehead atoms. The lowest BCUT2D eigenvalue weighted by Gasteiger charge is -2.48. The third-order valence-corrected chi connectivity index (χ3v) is 5.98. The number of hydrogen-bond acceptors (Lipinski definition) is 3. The van der Waals surface area contributed by atoms with Crippen LogP contribution in [0.2, 0.25) is 0 Å². The van der Waals surface area contributed by atoms with Crippen molar-refractivity contribution >= 4 is 0 Å². The van der Waals surface area contributed by atoms with Gasteiger partial charge in [-0.25, -0.2) is 0 Å². The molecule has 1 fully saturated rings. The molecule has 0 unspecified atom stereocenters. The first-order valence-corrected chi connectivity index (χ1v) is 9.38. The predicted octanol–water partition coefficient (Wildman–Crippen LogP) is 5.20. The number of rotatable bonds is 6. The van der Waals surface area contributed by atoms with Crippen molar-refractivity contribution in [1.29, 1.82) is 0 Å². The molecule has 1 aliphatic rings. The van der Waals surface area contributed by atoms with E-state index in [1.807, 2.05) is 30.3 Å². The smallest absolute Gasteiger partial charge is 0.120 e. The molecule has 3 rings (SSSR count). The highest BCUT2D eigenvalue weighted by Gasteiger charge is 2.43. The second kappa shape index (κ2) is 8.07. The van der Waals surface area contributed by atoms with Crippen molar-refractivity contribution in [2.24, 2.45) is 5.92 Å². The maximum atomic E-state index is 10.3. The fourth-order valence-electron chi connectivity index (χ4n) is 4.01. The minimum Gasteiger partial charge on any atom is -0.489 e. The van der Waals surface area contributed by atoms with Gasteiger partial charge in [0, 0.05) is 12.6 Å². The fraction of sp³-hybridized carbons (Fsp3) is 0.391. The zero-order chi connectivity index (χ0) is 18.6. The Morgan fingerprint density at radius 1 is 1.23 bits per heavy atom. The molecule has 1 aliphatic heterocycles. The van der Waals surface area contributed by atoms with Gasteiger partial charge in [-0.1, -0.05) is 62.4 Å². The van der Waals surface area contributed by atoms with E-state index in [1.165, 1.54) is 10.6 Å². The van der Waals surface area contributed by atoms with Gasteiger partial charge in [0.25, 0.3) is 0 Å². The molecule has 0 amide bonds. The largest absolute Gasteiger partial charge is 0.489 e. The molecule has 0 spiro atoms. The quantitative estimate of drug-likeness (QED) is 0.726. The topological polar surface area (TPSA) is 32.7 Å². The number of hydrogen-bond donors (Lipinski definition) is 1. The molecular weight excluding hydrogens is 322 g/mol. The lowest BCUT2D eigenvalue weighted by molar-refractivity contribution is -0.171. The average molecular weight is 351 g/mol. The molecule has 2 aromatic carbocycles. The first kappa shape index (κ1) is 18.7. The molecule has 0 radical (unpaired) electrons. The Kier molecular flexibility index (Phi) is 5.80. The molecule has 1 saturated heterocycles. The van der Waals surface area contributed by atoms with Gasteiger partial charge in [-0.15, -0.1) is 6.58 Å². The molecule has 0 saturated carbocycles. The summed E-state index contributed by atoms with van der Waals surface area (Å²) in [7, 11) is 0. The number of ether oxygens (including phenoxy) is 1. The van der Waals surface area contributed by atoms with Crippen LogP contribution in [-0.4, -0.2) is 22.9 Å². The van der Waals surface area contributed by atoms with E-state index in [4.69, 9.17) is 4.74 Å². The van der Waals surface area contributed by atoms with Crippen molar-refractivity contribution in [3.05, 3.63) is 78.4 Å². The minimum atomic E-state index is -0.000969. The monoisotopic (exact) mass is 351 g/mol. The van der Waals surface area contributed by atoms with Crippen molar-refractivity contribution < 1.29 is 9.94 Å². The summed E-state index contributed by atoms with van der Waals surface area (Å²) in [6, 6.07) is 18.7. The van der Waals surface area contributed by atoms with Gasteiger partial charge in [-0.3, -0.25) is 0 Å². The second-order valence-electron chi connectivity index (χ2n) is 7.51. The maximum absolute atomic E-state index is 10.3. The van der Waals surface area contributed by atoms with Crippen LogP contribution in [0.4, 0.5) is 0 Å². The molecule has 2 aromatic rings. The Bertz CT molecular complexity index is 730. The van der Waals surface area contributed by atoms with E-state index < -0.39 is 0 Å². The Balaban J connectivity index is 1.78. The highest BCUT2D eigenvalue weighted by atomic mass is 16.5. The summed E-state index contributed by atoms with van der Waals surface area (Å²) in [4.78, 5) is 0. The lowest BCUT2D eigenvalue weighted by atomic mass is 9.65. The normalized spacial score (nSPS) is 26.4. The van der Waals surface area contributed by atoms with Crippen LogP contribution in [0.15, 0.2) is 67.3 Å². The van der Waals surface area contributed by atoms with Gasteiger partial charge in [0.05, 0.1) is 0 Å². The van der Waals surface area contributed by atoms with Crippen molar-refractivity contribution in [2.75, 3.05) is 6.54 Å². The van der Waals surface area contributed by atoms with Gasteiger partial charge < -0.3 is 9.94 Å². The number of hydroxylamine groups is 2. The van der Waals surface area contributed by atoms with Crippen LogP contribution < -0.4 is 4.74 Å². The highest BCUT2D eigenvalue weighted by Crippen LogP contribution is 2.43. The highest BCUT2D eigenvalue weighted by molar-refractivity contribution is 5.35. The Hall–Kier alpha value is -2.10. The van der Waals surface area contributed by atoms with Gasteiger partial charge in [-0.05, 0) is 47.4 Å². The molecular formula is C23H29NO2. The van der Waals surface area contributed by atoms with Crippen LogP contribution >= 0.6 is 0 Å². The number of benzene rings is 2. The summed E-state index contributed by atoms with van der Waals surface area (Å²) in [6.07, 6.45) is 3.60. The molecule has 0 aromatic heterocycles. The van der Waals surface area contributed by atoms with Crippen LogP contribution in [0.25, 0.3) is 0 Å². The first-order valence-electron chi connectivity index (χ1n) is 9.38. The summed E-state index contributed by atoms with van der Waals surface area (Å²) >= 11 is 0. The van der Waals surface area contributed by atoms with Crippen molar-refractivity contribution in [2.45, 2.75) is 44.8 Å². The summed E-state index contributed by atoms with van der Waals surface area (Å²) in [5.41, 5.74) is 2.44. The fourth-order valence-corrected chi connectivity index (χ4v) is 4.01. The van der Waals surface area contributed by atoms with Gasteiger partial charge in [0.2, 0.25) is 0 Å². The van der Waals surface area contributed by atoms with E-state index in [1.54, 1.807) is 0 Å². The molecule has 3 nitrogen and oxygen atoms in total. The van der Waals surface area contributed by atoms with Gasteiger partial charge in [0.1, 0.15) is 12.4 Å². The third-order valence-electron chi connectivity index (χ3n) is 5.98. The molecule has 138 valence electrons. The second-order valence-corrected chi connectivity index (χ2v) is 7.51. The van der Waals surface area contributed by atoms with Crippen LogP contribution in [-0.2, 0) is 12.0 Å². The molecule has 26 heavy (non-hydrogen) atoms. The average Bonchev–Trinajstić information content (AvgIpc) is 2.68. The standard InChI is InChI=1S/C23H29NO2/c1-4-9-22-18(2)23(3,14-15-24(22)25)20-12-8-13-21(16-20)26-17-19-10-6-5-7-11-19/h4-8,10-13,16,18,22,25H,1,9,14-15,17H2,2-3H3/t18-,22-,23+/m0/s1. The molecule has 0 aliphatic carbocycles. The van der Waals surface area contributed by atoms with Crippen LogP contribution in [0.3, 0.4) is 0 Å². The summed E-state index contributed by atoms with van der Waals surface area (Å²) in [5.74, 6) is 1.20.